The van der Waals surface area contributed by atoms with Gasteiger partial charge in [-0.3, -0.25) is 19.4 Å². The van der Waals surface area contributed by atoms with Gasteiger partial charge >= 0.3 is 0 Å². The van der Waals surface area contributed by atoms with Crippen molar-refractivity contribution in [3.63, 3.8) is 0 Å². The van der Waals surface area contributed by atoms with Crippen molar-refractivity contribution in [1.82, 2.24) is 14.7 Å². The molecule has 0 spiro atoms. The topological polar surface area (TPSA) is 64.1 Å². The van der Waals surface area contributed by atoms with Crippen molar-refractivity contribution in [1.29, 1.82) is 0 Å². The molecule has 0 radical (unpaired) electrons. The minimum atomic E-state index is -0.260. The molecule has 6 nitrogen and oxygen atoms in total. The van der Waals surface area contributed by atoms with Crippen LogP contribution >= 0.6 is 0 Å². The highest BCUT2D eigenvalue weighted by Crippen LogP contribution is 2.32. The van der Waals surface area contributed by atoms with Gasteiger partial charge < -0.3 is 10.0 Å². The second-order valence-electron chi connectivity index (χ2n) is 6.15. The molecule has 1 N–H and O–H groups in total. The Morgan fingerprint density at radius 3 is 2.32 bits per heavy atom. The summed E-state index contributed by atoms with van der Waals surface area (Å²) in [5, 5.41) is 9.08. The van der Waals surface area contributed by atoms with E-state index in [-0.39, 0.29) is 25.0 Å². The molecule has 0 atom stereocenters. The van der Waals surface area contributed by atoms with Crippen LogP contribution in [-0.4, -0.2) is 77.5 Å². The third-order valence-corrected chi connectivity index (χ3v) is 4.62. The first-order valence-corrected chi connectivity index (χ1v) is 8.52. The standard InChI is InChI=1S/C19H23N3O3/c1-2-8-22-18(24)16(15-6-4-3-5-7-15)17(19(22)25)21-11-9-20(10-12-21)13-14-23/h2-7,23H,1,8-14H2. The van der Waals surface area contributed by atoms with Gasteiger partial charge in [0.2, 0.25) is 0 Å². The lowest BCUT2D eigenvalue weighted by molar-refractivity contribution is -0.137. The number of carbonyl (C=O) groups excluding carboxylic acids is 2. The van der Waals surface area contributed by atoms with Crippen LogP contribution in [0, 0.1) is 0 Å². The lowest BCUT2D eigenvalue weighted by Gasteiger charge is -2.36. The van der Waals surface area contributed by atoms with Gasteiger partial charge in [0.1, 0.15) is 5.70 Å². The minimum Gasteiger partial charge on any atom is -0.395 e. The molecular formula is C19H23N3O3. The van der Waals surface area contributed by atoms with Gasteiger partial charge in [-0.15, -0.1) is 6.58 Å². The van der Waals surface area contributed by atoms with Gasteiger partial charge in [-0.05, 0) is 5.56 Å². The Kier molecular flexibility index (Phi) is 5.31. The number of imide groups is 1. The van der Waals surface area contributed by atoms with Crippen molar-refractivity contribution in [2.45, 2.75) is 0 Å². The fraction of sp³-hybridized carbons (Fsp3) is 0.368. The van der Waals surface area contributed by atoms with Crippen molar-refractivity contribution in [3.8, 4) is 0 Å². The van der Waals surface area contributed by atoms with E-state index >= 15 is 0 Å². The number of benzene rings is 1. The predicted molar refractivity (Wildman–Crippen MR) is 95.4 cm³/mol. The fourth-order valence-corrected chi connectivity index (χ4v) is 3.35. The number of aliphatic hydroxyl groups excluding tert-OH is 1. The summed E-state index contributed by atoms with van der Waals surface area (Å²) in [7, 11) is 0. The Balaban J connectivity index is 1.94. The second kappa shape index (κ2) is 7.63. The highest BCUT2D eigenvalue weighted by Gasteiger charge is 2.41. The molecule has 0 aromatic heterocycles. The first-order chi connectivity index (χ1) is 12.2. The van der Waals surface area contributed by atoms with E-state index in [1.165, 1.54) is 4.90 Å². The Labute approximate surface area is 147 Å². The van der Waals surface area contributed by atoms with Gasteiger partial charge in [0.15, 0.2) is 0 Å². The number of β-amino-alcohol motifs (C(OH)–C–C–N with tert-alkyl or cyclic N) is 1. The third kappa shape index (κ3) is 3.36. The van der Waals surface area contributed by atoms with E-state index in [4.69, 9.17) is 5.11 Å². The van der Waals surface area contributed by atoms with E-state index in [0.29, 0.717) is 30.9 Å². The summed E-state index contributed by atoms with van der Waals surface area (Å²) in [6, 6.07) is 9.35. The maximum Gasteiger partial charge on any atom is 0.278 e. The molecule has 1 aromatic carbocycles. The van der Waals surface area contributed by atoms with Crippen LogP contribution in [0.4, 0.5) is 0 Å². The van der Waals surface area contributed by atoms with E-state index in [1.54, 1.807) is 6.08 Å². The number of piperazine rings is 1. The first-order valence-electron chi connectivity index (χ1n) is 8.52. The molecule has 0 aliphatic carbocycles. The summed E-state index contributed by atoms with van der Waals surface area (Å²) >= 11 is 0. The van der Waals surface area contributed by atoms with E-state index < -0.39 is 0 Å². The predicted octanol–water partition coefficient (Wildman–Crippen LogP) is 0.562. The maximum atomic E-state index is 12.9. The van der Waals surface area contributed by atoms with E-state index in [9.17, 15) is 9.59 Å². The Hall–Kier alpha value is -2.44. The quantitative estimate of drug-likeness (QED) is 0.605. The molecule has 3 rings (SSSR count). The maximum absolute atomic E-state index is 12.9. The summed E-state index contributed by atoms with van der Waals surface area (Å²) in [5.41, 5.74) is 1.73. The van der Waals surface area contributed by atoms with Crippen molar-refractivity contribution in [2.75, 3.05) is 45.9 Å². The van der Waals surface area contributed by atoms with Crippen molar-refractivity contribution >= 4 is 17.4 Å². The second-order valence-corrected chi connectivity index (χ2v) is 6.15. The number of hydrogen-bond acceptors (Lipinski definition) is 5. The van der Waals surface area contributed by atoms with Crippen molar-refractivity contribution in [2.24, 2.45) is 0 Å². The Bertz CT molecular complexity index is 691. The zero-order valence-corrected chi connectivity index (χ0v) is 14.2. The molecule has 1 fully saturated rings. The summed E-state index contributed by atoms with van der Waals surface area (Å²) in [6.07, 6.45) is 1.57. The van der Waals surface area contributed by atoms with Crippen LogP contribution in [0.2, 0.25) is 0 Å². The molecule has 0 unspecified atom stereocenters. The van der Waals surface area contributed by atoms with Crippen LogP contribution in [-0.2, 0) is 9.59 Å². The number of aliphatic hydroxyl groups is 1. The molecule has 0 bridgehead atoms. The minimum absolute atomic E-state index is 0.127. The average Bonchev–Trinajstić information content (AvgIpc) is 2.88. The highest BCUT2D eigenvalue weighted by atomic mass is 16.3. The van der Waals surface area contributed by atoms with Gasteiger partial charge in [-0.2, -0.15) is 0 Å². The van der Waals surface area contributed by atoms with Crippen LogP contribution in [0.1, 0.15) is 5.56 Å². The largest absolute Gasteiger partial charge is 0.395 e. The molecular weight excluding hydrogens is 318 g/mol. The molecule has 6 heteroatoms. The van der Waals surface area contributed by atoms with Crippen molar-refractivity contribution in [3.05, 3.63) is 54.2 Å². The lowest BCUT2D eigenvalue weighted by Crippen LogP contribution is -2.48. The van der Waals surface area contributed by atoms with Crippen LogP contribution in [0.25, 0.3) is 5.57 Å². The van der Waals surface area contributed by atoms with E-state index in [0.717, 1.165) is 18.7 Å². The van der Waals surface area contributed by atoms with Gasteiger partial charge in [0.25, 0.3) is 11.8 Å². The molecule has 1 aromatic rings. The molecule has 132 valence electrons. The zero-order valence-electron chi connectivity index (χ0n) is 14.2. The SMILES string of the molecule is C=CCN1C(=O)C(c2ccccc2)=C(N2CCN(CCO)CC2)C1=O. The van der Waals surface area contributed by atoms with Crippen LogP contribution in [0.15, 0.2) is 48.7 Å². The van der Waals surface area contributed by atoms with Gasteiger partial charge in [-0.25, -0.2) is 0 Å². The van der Waals surface area contributed by atoms with Crippen LogP contribution in [0.3, 0.4) is 0 Å². The van der Waals surface area contributed by atoms with E-state index in [1.807, 2.05) is 35.2 Å². The van der Waals surface area contributed by atoms with E-state index in [2.05, 4.69) is 11.5 Å². The molecule has 2 aliphatic heterocycles. The van der Waals surface area contributed by atoms with Crippen LogP contribution < -0.4 is 0 Å². The van der Waals surface area contributed by atoms with Crippen molar-refractivity contribution < 1.29 is 14.7 Å². The van der Waals surface area contributed by atoms with Gasteiger partial charge in [0, 0.05) is 39.3 Å². The fourth-order valence-electron chi connectivity index (χ4n) is 3.35. The Morgan fingerprint density at radius 2 is 1.72 bits per heavy atom. The molecule has 2 amide bonds. The highest BCUT2D eigenvalue weighted by molar-refractivity contribution is 6.35. The number of carbonyl (C=O) groups is 2. The number of amides is 2. The lowest BCUT2D eigenvalue weighted by atomic mass is 10.0. The molecule has 0 saturated carbocycles. The molecule has 2 aliphatic rings. The van der Waals surface area contributed by atoms with Gasteiger partial charge in [-0.1, -0.05) is 36.4 Å². The number of hydrogen-bond donors (Lipinski definition) is 1. The molecule has 25 heavy (non-hydrogen) atoms. The average molecular weight is 341 g/mol. The van der Waals surface area contributed by atoms with Gasteiger partial charge in [0.05, 0.1) is 12.2 Å². The number of nitrogens with zero attached hydrogens (tertiary/aromatic N) is 3. The van der Waals surface area contributed by atoms with Crippen LogP contribution in [0.5, 0.6) is 0 Å². The molecule has 2 heterocycles. The summed E-state index contributed by atoms with van der Waals surface area (Å²) in [6.45, 7) is 7.46. The Morgan fingerprint density at radius 1 is 1.04 bits per heavy atom. The zero-order chi connectivity index (χ0) is 17.8. The monoisotopic (exact) mass is 341 g/mol. The third-order valence-electron chi connectivity index (χ3n) is 4.62. The summed E-state index contributed by atoms with van der Waals surface area (Å²) in [5.74, 6) is -0.511. The summed E-state index contributed by atoms with van der Waals surface area (Å²) in [4.78, 5) is 31.2. The number of rotatable bonds is 6. The smallest absolute Gasteiger partial charge is 0.278 e. The molecule has 1 saturated heterocycles. The normalized spacial score (nSPS) is 19.1. The first kappa shape index (κ1) is 17.4. The summed E-state index contributed by atoms with van der Waals surface area (Å²) < 4.78 is 0.